The largest absolute Gasteiger partial charge is 0.490 e. The molecule has 3 aromatic rings. The van der Waals surface area contributed by atoms with Gasteiger partial charge in [0, 0.05) is 0 Å². The maximum Gasteiger partial charge on any atom is 0.276 e. The van der Waals surface area contributed by atoms with E-state index in [-0.39, 0.29) is 12.2 Å². The van der Waals surface area contributed by atoms with Crippen LogP contribution in [0.25, 0.3) is 11.6 Å². The standard InChI is InChI=1S/C21H22N4O5S/c1-4-28-14-8-5-6-9-15(14)30-12-17(26)24-25-20(27)18-13(2)22-19(23-21(18)31-3)16-10-7-11-29-16/h5-11H,4,12H2,1-3H3,(H,24,26)(H,25,27). The predicted octanol–water partition coefficient (Wildman–Crippen LogP) is 3.01. The van der Waals surface area contributed by atoms with Crippen molar-refractivity contribution in [3.63, 3.8) is 0 Å². The highest BCUT2D eigenvalue weighted by molar-refractivity contribution is 7.98. The van der Waals surface area contributed by atoms with Crippen molar-refractivity contribution in [1.29, 1.82) is 0 Å². The Kier molecular flexibility index (Phi) is 7.50. The van der Waals surface area contributed by atoms with Gasteiger partial charge in [-0.15, -0.1) is 11.8 Å². The molecule has 2 aromatic heterocycles. The average Bonchev–Trinajstić information content (AvgIpc) is 3.31. The fourth-order valence-electron chi connectivity index (χ4n) is 2.68. The highest BCUT2D eigenvalue weighted by Crippen LogP contribution is 2.26. The molecule has 0 aliphatic heterocycles. The summed E-state index contributed by atoms with van der Waals surface area (Å²) in [5.74, 6) is 0.799. The van der Waals surface area contributed by atoms with Crippen molar-refractivity contribution in [2.45, 2.75) is 18.9 Å². The summed E-state index contributed by atoms with van der Waals surface area (Å²) in [5, 5.41) is 0.465. The molecule has 0 spiro atoms. The number of rotatable bonds is 8. The number of thioether (sulfide) groups is 1. The van der Waals surface area contributed by atoms with Crippen molar-refractivity contribution in [3.8, 4) is 23.1 Å². The van der Waals surface area contributed by atoms with E-state index < -0.39 is 11.8 Å². The number of ether oxygens (including phenoxy) is 2. The van der Waals surface area contributed by atoms with Crippen molar-refractivity contribution >= 4 is 23.6 Å². The highest BCUT2D eigenvalue weighted by Gasteiger charge is 2.20. The van der Waals surface area contributed by atoms with E-state index in [1.165, 1.54) is 18.0 Å². The first-order valence-corrected chi connectivity index (χ1v) is 10.7. The van der Waals surface area contributed by atoms with Crippen LogP contribution in [-0.2, 0) is 4.79 Å². The van der Waals surface area contributed by atoms with E-state index in [2.05, 4.69) is 20.8 Å². The molecule has 2 heterocycles. The molecule has 0 aliphatic rings. The fourth-order valence-corrected chi connectivity index (χ4v) is 3.31. The van der Waals surface area contributed by atoms with Gasteiger partial charge in [0.05, 0.1) is 24.1 Å². The minimum Gasteiger partial charge on any atom is -0.490 e. The average molecular weight is 442 g/mol. The molecule has 0 atom stereocenters. The van der Waals surface area contributed by atoms with E-state index in [4.69, 9.17) is 13.9 Å². The first-order valence-electron chi connectivity index (χ1n) is 9.43. The predicted molar refractivity (Wildman–Crippen MR) is 115 cm³/mol. The van der Waals surface area contributed by atoms with Crippen LogP contribution in [0, 0.1) is 6.92 Å². The van der Waals surface area contributed by atoms with Gasteiger partial charge in [0.1, 0.15) is 5.03 Å². The Bertz CT molecular complexity index is 1060. The molecular formula is C21H22N4O5S. The van der Waals surface area contributed by atoms with Gasteiger partial charge in [-0.25, -0.2) is 9.97 Å². The van der Waals surface area contributed by atoms with Crippen LogP contribution in [0.4, 0.5) is 0 Å². The molecule has 10 heteroatoms. The first-order chi connectivity index (χ1) is 15.0. The van der Waals surface area contributed by atoms with E-state index in [0.717, 1.165) is 0 Å². The molecule has 162 valence electrons. The summed E-state index contributed by atoms with van der Waals surface area (Å²) in [7, 11) is 0. The minimum atomic E-state index is -0.532. The molecule has 0 bridgehead atoms. The molecule has 0 fully saturated rings. The van der Waals surface area contributed by atoms with Gasteiger partial charge in [-0.3, -0.25) is 20.4 Å². The molecule has 2 N–H and O–H groups in total. The second-order valence-electron chi connectivity index (χ2n) is 6.16. The van der Waals surface area contributed by atoms with Crippen LogP contribution in [0.3, 0.4) is 0 Å². The van der Waals surface area contributed by atoms with E-state index in [0.29, 0.717) is 40.4 Å². The zero-order valence-corrected chi connectivity index (χ0v) is 18.1. The maximum atomic E-state index is 12.7. The van der Waals surface area contributed by atoms with Crippen LogP contribution >= 0.6 is 11.8 Å². The van der Waals surface area contributed by atoms with Crippen molar-refractivity contribution < 1.29 is 23.5 Å². The zero-order valence-electron chi connectivity index (χ0n) is 17.3. The lowest BCUT2D eigenvalue weighted by Gasteiger charge is -2.13. The molecule has 3 rings (SSSR count). The number of carbonyl (C=O) groups is 2. The lowest BCUT2D eigenvalue weighted by molar-refractivity contribution is -0.123. The number of aromatic nitrogens is 2. The number of nitrogens with one attached hydrogen (secondary N) is 2. The van der Waals surface area contributed by atoms with E-state index in [9.17, 15) is 9.59 Å². The van der Waals surface area contributed by atoms with Gasteiger partial charge in [0.25, 0.3) is 11.8 Å². The second kappa shape index (κ2) is 10.5. The zero-order chi connectivity index (χ0) is 22.2. The highest BCUT2D eigenvalue weighted by atomic mass is 32.2. The topological polar surface area (TPSA) is 116 Å². The molecule has 31 heavy (non-hydrogen) atoms. The fraction of sp³-hybridized carbons (Fsp3) is 0.238. The van der Waals surface area contributed by atoms with E-state index in [1.54, 1.807) is 43.5 Å². The van der Waals surface area contributed by atoms with Crippen molar-refractivity contribution in [1.82, 2.24) is 20.8 Å². The van der Waals surface area contributed by atoms with Gasteiger partial charge >= 0.3 is 0 Å². The van der Waals surface area contributed by atoms with Gasteiger partial charge in [0.2, 0.25) is 0 Å². The third-order valence-electron chi connectivity index (χ3n) is 4.04. The normalized spacial score (nSPS) is 10.4. The quantitative estimate of drug-likeness (QED) is 0.311. The van der Waals surface area contributed by atoms with Gasteiger partial charge in [-0.05, 0) is 44.4 Å². The summed E-state index contributed by atoms with van der Waals surface area (Å²) >= 11 is 1.29. The number of para-hydroxylation sites is 2. The summed E-state index contributed by atoms with van der Waals surface area (Å²) in [6.07, 6.45) is 3.32. The number of nitrogens with zero attached hydrogens (tertiary/aromatic N) is 2. The Morgan fingerprint density at radius 2 is 1.81 bits per heavy atom. The number of carbonyl (C=O) groups excluding carboxylic acids is 2. The lowest BCUT2D eigenvalue weighted by Crippen LogP contribution is -2.44. The molecule has 0 radical (unpaired) electrons. The van der Waals surface area contributed by atoms with E-state index in [1.807, 2.05) is 13.0 Å². The molecular weight excluding hydrogens is 420 g/mol. The summed E-state index contributed by atoms with van der Waals surface area (Å²) in [4.78, 5) is 33.5. The Labute approximate surface area is 183 Å². The lowest BCUT2D eigenvalue weighted by atomic mass is 10.2. The summed E-state index contributed by atoms with van der Waals surface area (Å²) in [6.45, 7) is 3.72. The monoisotopic (exact) mass is 442 g/mol. The number of hydrogen-bond donors (Lipinski definition) is 2. The van der Waals surface area contributed by atoms with Crippen LogP contribution in [-0.4, -0.2) is 41.3 Å². The summed E-state index contributed by atoms with van der Waals surface area (Å²) in [6, 6.07) is 10.5. The Morgan fingerprint density at radius 1 is 1.06 bits per heavy atom. The van der Waals surface area contributed by atoms with Gasteiger partial charge in [-0.1, -0.05) is 12.1 Å². The maximum absolute atomic E-state index is 12.7. The van der Waals surface area contributed by atoms with Gasteiger partial charge in [0.15, 0.2) is 29.7 Å². The summed E-state index contributed by atoms with van der Waals surface area (Å²) in [5.41, 5.74) is 5.44. The Morgan fingerprint density at radius 3 is 2.45 bits per heavy atom. The molecule has 1 aromatic carbocycles. The van der Waals surface area contributed by atoms with Crippen LogP contribution in [0.15, 0.2) is 52.1 Å². The van der Waals surface area contributed by atoms with Crippen LogP contribution in [0.2, 0.25) is 0 Å². The molecule has 0 aliphatic carbocycles. The number of amides is 2. The number of aryl methyl sites for hydroxylation is 1. The van der Waals surface area contributed by atoms with Crippen LogP contribution in [0.1, 0.15) is 23.0 Å². The third-order valence-corrected chi connectivity index (χ3v) is 4.72. The van der Waals surface area contributed by atoms with Gasteiger partial charge in [-0.2, -0.15) is 0 Å². The van der Waals surface area contributed by atoms with Crippen molar-refractivity contribution in [3.05, 3.63) is 53.9 Å². The summed E-state index contributed by atoms with van der Waals surface area (Å²) < 4.78 is 16.3. The number of hydrazine groups is 1. The Hall–Kier alpha value is -3.53. The minimum absolute atomic E-state index is 0.269. The first kappa shape index (κ1) is 22.2. The van der Waals surface area contributed by atoms with Crippen LogP contribution < -0.4 is 20.3 Å². The molecule has 0 saturated carbocycles. The molecule has 2 amide bonds. The van der Waals surface area contributed by atoms with Crippen LogP contribution in [0.5, 0.6) is 11.5 Å². The molecule has 0 unspecified atom stereocenters. The number of furan rings is 1. The second-order valence-corrected chi connectivity index (χ2v) is 6.96. The Balaban J connectivity index is 1.62. The van der Waals surface area contributed by atoms with Crippen molar-refractivity contribution in [2.24, 2.45) is 0 Å². The molecule has 9 nitrogen and oxygen atoms in total. The smallest absolute Gasteiger partial charge is 0.276 e. The number of hydrogen-bond acceptors (Lipinski definition) is 8. The molecule has 0 saturated heterocycles. The SMILES string of the molecule is CCOc1ccccc1OCC(=O)NNC(=O)c1c(C)nc(-c2ccco2)nc1SC. The van der Waals surface area contributed by atoms with Gasteiger partial charge < -0.3 is 13.9 Å². The van der Waals surface area contributed by atoms with Crippen molar-refractivity contribution in [2.75, 3.05) is 19.5 Å². The third kappa shape index (κ3) is 5.54. The number of benzene rings is 1. The van der Waals surface area contributed by atoms with E-state index >= 15 is 0 Å².